The van der Waals surface area contributed by atoms with E-state index in [1.54, 1.807) is 6.20 Å². The Bertz CT molecular complexity index is 577. The first-order valence-electron chi connectivity index (χ1n) is 7.18. The second-order valence-corrected chi connectivity index (χ2v) is 5.56. The van der Waals surface area contributed by atoms with E-state index in [-0.39, 0.29) is 6.10 Å². The van der Waals surface area contributed by atoms with Crippen LogP contribution in [-0.2, 0) is 11.2 Å². The highest BCUT2D eigenvalue weighted by Gasteiger charge is 2.32. The Labute approximate surface area is 118 Å². The summed E-state index contributed by atoms with van der Waals surface area (Å²) in [6.45, 7) is 3.88. The topological polar surface area (TPSA) is 43.2 Å². The van der Waals surface area contributed by atoms with Gasteiger partial charge < -0.3 is 4.74 Å². The molecule has 1 saturated heterocycles. The summed E-state index contributed by atoms with van der Waals surface area (Å²) in [6.07, 6.45) is 4.93. The zero-order valence-corrected chi connectivity index (χ0v) is 11.4. The molecule has 0 spiro atoms. The van der Waals surface area contributed by atoms with Crippen LogP contribution in [-0.4, -0.2) is 46.1 Å². The summed E-state index contributed by atoms with van der Waals surface area (Å²) in [7, 11) is 0. The molecule has 1 aromatic carbocycles. The highest BCUT2D eigenvalue weighted by Crippen LogP contribution is 2.30. The molecule has 104 valence electrons. The monoisotopic (exact) mass is 270 g/mol. The first kappa shape index (κ1) is 12.1. The second-order valence-electron chi connectivity index (χ2n) is 5.56. The van der Waals surface area contributed by atoms with Crippen LogP contribution in [0.25, 0.3) is 0 Å². The summed E-state index contributed by atoms with van der Waals surface area (Å²) in [4.78, 5) is 2.43. The standard InChI is InChI=1S/C15H18N4O/c1-2-4-14-12(3-1)5-8-20-15(14)11-18-9-13(10-18)19-7-6-16-17-19/h1-4,6-7,13,15H,5,8-11H2. The predicted molar refractivity (Wildman–Crippen MR) is 74.3 cm³/mol. The number of aromatic nitrogens is 3. The lowest BCUT2D eigenvalue weighted by Gasteiger charge is -2.41. The number of ether oxygens (including phenoxy) is 1. The van der Waals surface area contributed by atoms with E-state index in [0.29, 0.717) is 6.04 Å². The van der Waals surface area contributed by atoms with Crippen LogP contribution in [0.1, 0.15) is 23.3 Å². The van der Waals surface area contributed by atoms with Crippen LogP contribution in [0, 0.1) is 0 Å². The van der Waals surface area contributed by atoms with Gasteiger partial charge in [0.05, 0.1) is 24.9 Å². The minimum atomic E-state index is 0.219. The van der Waals surface area contributed by atoms with Crippen LogP contribution in [0.15, 0.2) is 36.7 Å². The first-order chi connectivity index (χ1) is 9.90. The van der Waals surface area contributed by atoms with Crippen LogP contribution in [0.2, 0.25) is 0 Å². The Morgan fingerprint density at radius 3 is 3.00 bits per heavy atom. The van der Waals surface area contributed by atoms with E-state index in [0.717, 1.165) is 32.7 Å². The Balaban J connectivity index is 1.40. The fourth-order valence-corrected chi connectivity index (χ4v) is 3.13. The molecule has 1 fully saturated rings. The molecule has 2 aliphatic heterocycles. The van der Waals surface area contributed by atoms with Gasteiger partial charge in [-0.2, -0.15) is 0 Å². The molecule has 3 heterocycles. The van der Waals surface area contributed by atoms with Gasteiger partial charge in [-0.1, -0.05) is 29.5 Å². The lowest BCUT2D eigenvalue weighted by Crippen LogP contribution is -2.49. The molecule has 0 N–H and O–H groups in total. The fourth-order valence-electron chi connectivity index (χ4n) is 3.13. The molecule has 2 aromatic rings. The van der Waals surface area contributed by atoms with E-state index in [1.807, 2.05) is 10.9 Å². The van der Waals surface area contributed by atoms with Crippen LogP contribution < -0.4 is 0 Å². The van der Waals surface area contributed by atoms with Crippen molar-refractivity contribution < 1.29 is 4.74 Å². The summed E-state index contributed by atoms with van der Waals surface area (Å²) < 4.78 is 7.91. The first-order valence-corrected chi connectivity index (χ1v) is 7.18. The summed E-state index contributed by atoms with van der Waals surface area (Å²) in [5.74, 6) is 0. The van der Waals surface area contributed by atoms with Gasteiger partial charge in [0.15, 0.2) is 0 Å². The number of rotatable bonds is 3. The van der Waals surface area contributed by atoms with E-state index in [9.17, 15) is 0 Å². The molecule has 0 bridgehead atoms. The van der Waals surface area contributed by atoms with Gasteiger partial charge in [-0.05, 0) is 17.5 Å². The third-order valence-electron chi connectivity index (χ3n) is 4.27. The van der Waals surface area contributed by atoms with Gasteiger partial charge in [0, 0.05) is 25.8 Å². The van der Waals surface area contributed by atoms with Gasteiger partial charge in [-0.15, -0.1) is 5.10 Å². The summed E-state index contributed by atoms with van der Waals surface area (Å²) in [5, 5.41) is 7.93. The van der Waals surface area contributed by atoms with Gasteiger partial charge in [-0.3, -0.25) is 4.90 Å². The van der Waals surface area contributed by atoms with Crippen molar-refractivity contribution in [2.24, 2.45) is 0 Å². The number of likely N-dealkylation sites (tertiary alicyclic amines) is 1. The van der Waals surface area contributed by atoms with Crippen LogP contribution in [0.5, 0.6) is 0 Å². The molecule has 0 amide bonds. The number of fused-ring (bicyclic) bond motifs is 1. The molecule has 0 saturated carbocycles. The van der Waals surface area contributed by atoms with E-state index in [1.165, 1.54) is 11.1 Å². The van der Waals surface area contributed by atoms with Crippen LogP contribution >= 0.6 is 0 Å². The second kappa shape index (κ2) is 5.00. The number of nitrogens with zero attached hydrogens (tertiary/aromatic N) is 4. The van der Waals surface area contributed by atoms with Gasteiger partial charge in [0.2, 0.25) is 0 Å². The average molecular weight is 270 g/mol. The highest BCUT2D eigenvalue weighted by molar-refractivity contribution is 5.31. The van der Waals surface area contributed by atoms with Gasteiger partial charge in [0.25, 0.3) is 0 Å². The van der Waals surface area contributed by atoms with Crippen molar-refractivity contribution >= 4 is 0 Å². The van der Waals surface area contributed by atoms with Crippen molar-refractivity contribution in [3.05, 3.63) is 47.8 Å². The Morgan fingerprint density at radius 2 is 2.15 bits per heavy atom. The lowest BCUT2D eigenvalue weighted by atomic mass is 9.96. The molecule has 1 atom stereocenters. The Hall–Kier alpha value is -1.72. The smallest absolute Gasteiger partial charge is 0.0954 e. The average Bonchev–Trinajstić information content (AvgIpc) is 2.96. The van der Waals surface area contributed by atoms with Gasteiger partial charge in [0.1, 0.15) is 0 Å². The zero-order valence-electron chi connectivity index (χ0n) is 11.4. The largest absolute Gasteiger partial charge is 0.372 e. The molecule has 5 heteroatoms. The van der Waals surface area contributed by atoms with Crippen molar-refractivity contribution in [1.29, 1.82) is 0 Å². The third-order valence-corrected chi connectivity index (χ3v) is 4.27. The third kappa shape index (κ3) is 2.13. The van der Waals surface area contributed by atoms with Gasteiger partial charge >= 0.3 is 0 Å². The molecule has 1 unspecified atom stereocenters. The maximum Gasteiger partial charge on any atom is 0.0954 e. The highest BCUT2D eigenvalue weighted by atomic mass is 16.5. The van der Waals surface area contributed by atoms with Crippen molar-refractivity contribution in [2.75, 3.05) is 26.2 Å². The molecule has 1 aromatic heterocycles. The van der Waals surface area contributed by atoms with E-state index in [4.69, 9.17) is 4.74 Å². The number of hydrogen-bond acceptors (Lipinski definition) is 4. The number of benzene rings is 1. The maximum atomic E-state index is 5.96. The van der Waals surface area contributed by atoms with Crippen molar-refractivity contribution in [2.45, 2.75) is 18.6 Å². The van der Waals surface area contributed by atoms with E-state index in [2.05, 4.69) is 39.5 Å². The Morgan fingerprint density at radius 1 is 1.25 bits per heavy atom. The maximum absolute atomic E-state index is 5.96. The molecular weight excluding hydrogens is 252 g/mol. The molecule has 4 rings (SSSR count). The zero-order chi connectivity index (χ0) is 13.4. The van der Waals surface area contributed by atoms with Crippen molar-refractivity contribution in [1.82, 2.24) is 19.9 Å². The Kier molecular flexibility index (Phi) is 3.01. The summed E-state index contributed by atoms with van der Waals surface area (Å²) in [5.41, 5.74) is 2.81. The molecular formula is C15H18N4O. The molecule has 0 aliphatic carbocycles. The van der Waals surface area contributed by atoms with Crippen molar-refractivity contribution in [3.63, 3.8) is 0 Å². The minimum Gasteiger partial charge on any atom is -0.372 e. The summed E-state index contributed by atoms with van der Waals surface area (Å²) in [6, 6.07) is 9.12. The van der Waals surface area contributed by atoms with Gasteiger partial charge in [-0.25, -0.2) is 4.68 Å². The molecule has 20 heavy (non-hydrogen) atoms. The molecule has 5 nitrogen and oxygen atoms in total. The van der Waals surface area contributed by atoms with Crippen LogP contribution in [0.4, 0.5) is 0 Å². The molecule has 2 aliphatic rings. The van der Waals surface area contributed by atoms with Crippen molar-refractivity contribution in [3.8, 4) is 0 Å². The fraction of sp³-hybridized carbons (Fsp3) is 0.467. The van der Waals surface area contributed by atoms with E-state index < -0.39 is 0 Å². The lowest BCUT2D eigenvalue weighted by molar-refractivity contribution is -0.0136. The number of hydrogen-bond donors (Lipinski definition) is 0. The predicted octanol–water partition coefficient (Wildman–Crippen LogP) is 1.45. The molecule has 0 radical (unpaired) electrons. The van der Waals surface area contributed by atoms with Crippen LogP contribution in [0.3, 0.4) is 0 Å². The summed E-state index contributed by atoms with van der Waals surface area (Å²) >= 11 is 0. The SMILES string of the molecule is c1ccc2c(c1)CCOC2CN1CC(n2ccnn2)C1. The van der Waals surface area contributed by atoms with E-state index >= 15 is 0 Å². The minimum absolute atomic E-state index is 0.219. The normalized spacial score (nSPS) is 23.3. The quantitative estimate of drug-likeness (QED) is 0.846.